The van der Waals surface area contributed by atoms with Gasteiger partial charge >= 0.3 is 0 Å². The average molecular weight is 1810 g/mol. The van der Waals surface area contributed by atoms with E-state index in [1.165, 1.54) is 65.8 Å². The van der Waals surface area contributed by atoms with Gasteiger partial charge in [-0.2, -0.15) is 25.4 Å². The molecule has 0 radical (unpaired) electrons. The number of pyridine rings is 4. The van der Waals surface area contributed by atoms with Gasteiger partial charge in [-0.1, -0.05) is 116 Å². The molecule has 4 aliphatic heterocycles. The van der Waals surface area contributed by atoms with Crippen LogP contribution in [0.3, 0.4) is 0 Å². The summed E-state index contributed by atoms with van der Waals surface area (Å²) in [6.07, 6.45) is 24.1. The van der Waals surface area contributed by atoms with Crippen LogP contribution in [0.1, 0.15) is 148 Å². The number of aryl methyl sites for hydroxylation is 2. The highest BCUT2D eigenvalue weighted by Crippen LogP contribution is 2.39. The summed E-state index contributed by atoms with van der Waals surface area (Å²) in [5, 5.41) is 15.2. The first-order chi connectivity index (χ1) is 62.3. The summed E-state index contributed by atoms with van der Waals surface area (Å²) in [5.41, 5.74) is 12.9. The molecule has 7 aromatic heterocycles. The molecule has 19 rings (SSSR count). The van der Waals surface area contributed by atoms with E-state index in [2.05, 4.69) is 149 Å². The maximum Gasteiger partial charge on any atom is 0.261 e. The van der Waals surface area contributed by atoms with E-state index in [9.17, 15) is 35.4 Å². The van der Waals surface area contributed by atoms with Crippen LogP contribution in [0, 0.1) is 6.92 Å². The molecule has 13 aromatic rings. The smallest absolute Gasteiger partial charge is 0.261 e. The molecule has 25 nitrogen and oxygen atoms in total. The van der Waals surface area contributed by atoms with Gasteiger partial charge in [0.2, 0.25) is 27.9 Å². The van der Waals surface area contributed by atoms with Gasteiger partial charge in [0.25, 0.3) is 16.7 Å². The van der Waals surface area contributed by atoms with Crippen molar-refractivity contribution in [3.63, 3.8) is 0 Å². The second-order valence-corrected chi connectivity index (χ2v) is 43.9. The molecule has 129 heavy (non-hydrogen) atoms. The van der Waals surface area contributed by atoms with Gasteiger partial charge in [-0.25, -0.2) is 36.1 Å². The molecule has 11 heterocycles. The maximum atomic E-state index is 14.5. The number of rotatable bonds is 22. The number of hydrogen-bond acceptors (Lipinski definition) is 21. The number of aromatic nitrogens is 10. The number of piperidine rings is 3. The van der Waals surface area contributed by atoms with Crippen molar-refractivity contribution in [3.05, 3.63) is 260 Å². The molecule has 6 aromatic carbocycles. The van der Waals surface area contributed by atoms with Crippen molar-refractivity contribution in [1.29, 1.82) is 0 Å². The summed E-state index contributed by atoms with van der Waals surface area (Å²) in [6, 6.07) is 57.0. The fourth-order valence-corrected chi connectivity index (χ4v) is 24.0. The third kappa shape index (κ3) is 20.2. The molecule has 0 bridgehead atoms. The quantitative estimate of drug-likeness (QED) is 0.0458. The van der Waals surface area contributed by atoms with Crippen LogP contribution < -0.4 is 37.9 Å². The number of fused-ring (bicyclic) bond motifs is 3. The van der Waals surface area contributed by atoms with Gasteiger partial charge in [0.15, 0.2) is 9.84 Å². The van der Waals surface area contributed by atoms with Gasteiger partial charge in [-0.3, -0.25) is 37.3 Å². The van der Waals surface area contributed by atoms with E-state index < -0.39 is 34.6 Å². The lowest BCUT2D eigenvalue weighted by Gasteiger charge is -2.32. The highest BCUT2D eigenvalue weighted by atomic mass is 32.2. The number of nitrogens with zero attached hydrogens (tertiary/aromatic N) is 13. The van der Waals surface area contributed by atoms with Gasteiger partial charge in [0.05, 0.1) is 34.2 Å². The minimum absolute atomic E-state index is 0.130. The molecule has 29 heteroatoms. The van der Waals surface area contributed by atoms with Crippen molar-refractivity contribution < 1.29 is 21.0 Å². The van der Waals surface area contributed by atoms with Crippen molar-refractivity contribution in [1.82, 2.24) is 68.0 Å². The molecule has 4 N–H and O–H groups in total. The predicted octanol–water partition coefficient (Wildman–Crippen LogP) is 16.7. The lowest BCUT2D eigenvalue weighted by molar-refractivity contribution is 0.275. The Hall–Kier alpha value is -11.3. The Morgan fingerprint density at radius 3 is 1.55 bits per heavy atom. The Morgan fingerprint density at radius 1 is 0.488 bits per heavy atom. The topological polar surface area (TPSA) is 299 Å². The van der Waals surface area contributed by atoms with Crippen LogP contribution in [0.4, 0.5) is 34.9 Å². The Kier molecular flexibility index (Phi) is 27.0. The van der Waals surface area contributed by atoms with Gasteiger partial charge < -0.3 is 31.1 Å². The zero-order valence-corrected chi connectivity index (χ0v) is 77.4. The maximum absolute atomic E-state index is 14.5. The van der Waals surface area contributed by atoms with E-state index in [1.54, 1.807) is 87.0 Å². The Bertz CT molecular complexity index is 6870. The minimum atomic E-state index is -3.68. The third-order valence-electron chi connectivity index (χ3n) is 26.5. The first kappa shape index (κ1) is 89.7. The van der Waals surface area contributed by atoms with E-state index in [4.69, 9.17) is 15.0 Å². The van der Waals surface area contributed by atoms with E-state index in [1.807, 2.05) is 75.5 Å². The molecule has 0 spiro atoms. The molecule has 4 saturated heterocycles. The predicted molar refractivity (Wildman–Crippen MR) is 524 cm³/mol. The zero-order valence-electron chi connectivity index (χ0n) is 74.1. The summed E-state index contributed by atoms with van der Waals surface area (Å²) in [6.45, 7) is 11.1. The van der Waals surface area contributed by atoms with Crippen molar-refractivity contribution in [2.75, 3.05) is 94.9 Å². The molecule has 3 unspecified atom stereocenters. The number of sulfone groups is 1. The number of likely N-dealkylation sites (N-methyl/N-ethyl adjacent to an activating group) is 1. The number of likely N-dealkylation sites (tertiary alicyclic amines) is 2. The fraction of sp³-hybridized carbons (Fsp3) is 0.360. The van der Waals surface area contributed by atoms with Crippen LogP contribution in [0.15, 0.2) is 230 Å². The largest absolute Gasteiger partial charge is 0.324 e. The number of sulfonamides is 1. The summed E-state index contributed by atoms with van der Waals surface area (Å²) in [7, 11) is -5.27. The average Bonchev–Trinajstić information content (AvgIpc) is 1.65. The van der Waals surface area contributed by atoms with Crippen LogP contribution in [-0.4, -0.2) is 185 Å². The van der Waals surface area contributed by atoms with Gasteiger partial charge in [-0.05, 0) is 279 Å². The lowest BCUT2D eigenvalue weighted by atomic mass is 9.84. The van der Waals surface area contributed by atoms with Crippen molar-refractivity contribution in [3.8, 4) is 33.5 Å². The highest BCUT2D eigenvalue weighted by molar-refractivity contribution is 8.13. The SMILES string of the molecule is C=S(=O)(c1ccc(-c2cc3cnc(Nc4ccc(C5CCCCC5)cc4)nc3n(CC)c2=O)nc1)C1CC1.C=S(C)c1ccc(-c2cc3cnc(Nc4ccc(C5CCN(C)C5)cc4)nc3n(C3CCN(S(C)(=O)=O)CC3)c2=O)cc1.Cc1ccccc1Cn1c(=O)c(-c2ccccc2S(=O)(=O)C2CCN(C)CC2)cc2cnc(Nc3ccc(C4CCNCC4)cc3)nc21. The summed E-state index contributed by atoms with van der Waals surface area (Å²) in [4.78, 5) is 81.3. The van der Waals surface area contributed by atoms with Crippen LogP contribution >= 0.6 is 10.5 Å². The van der Waals surface area contributed by atoms with Crippen molar-refractivity contribution in [2.45, 2.75) is 166 Å². The number of benzene rings is 6. The summed E-state index contributed by atoms with van der Waals surface area (Å²) in [5.74, 6) is 11.1. The fourth-order valence-electron chi connectivity index (χ4n) is 18.7. The summed E-state index contributed by atoms with van der Waals surface area (Å²) < 4.78 is 71.9. The summed E-state index contributed by atoms with van der Waals surface area (Å²) >= 11 is 0. The second kappa shape index (κ2) is 38.8. The minimum Gasteiger partial charge on any atom is -0.324 e. The Morgan fingerprint density at radius 2 is 1.01 bits per heavy atom. The monoisotopic (exact) mass is 1810 g/mol. The third-order valence-corrected chi connectivity index (χ3v) is 33.8. The number of anilines is 6. The van der Waals surface area contributed by atoms with Gasteiger partial charge in [-0.15, -0.1) is 0 Å². The molecule has 3 atom stereocenters. The van der Waals surface area contributed by atoms with E-state index in [0.717, 1.165) is 114 Å². The first-order valence-electron chi connectivity index (χ1n) is 44.9. The van der Waals surface area contributed by atoms with Crippen LogP contribution in [0.2, 0.25) is 0 Å². The normalized spacial score (nSPS) is 18.0. The van der Waals surface area contributed by atoms with E-state index >= 15 is 0 Å². The molecule has 670 valence electrons. The Labute approximate surface area is 757 Å². The molecule has 6 aliphatic rings. The Balaban J connectivity index is 0.000000137. The first-order valence-corrected chi connectivity index (χ1v) is 51.9. The van der Waals surface area contributed by atoms with Crippen LogP contribution in [-0.2, 0) is 42.5 Å². The van der Waals surface area contributed by atoms with E-state index in [-0.39, 0.29) is 49.9 Å². The molecule has 6 fully saturated rings. The zero-order chi connectivity index (χ0) is 89.8. The van der Waals surface area contributed by atoms with Crippen LogP contribution in [0.25, 0.3) is 66.6 Å². The molecular formula is C100H113N17O8S4. The molecule has 2 aliphatic carbocycles. The number of hydrogen-bond donors (Lipinski definition) is 4. The number of nitrogens with one attached hydrogen (secondary N) is 4. The van der Waals surface area contributed by atoms with Gasteiger partial charge in [0, 0.05) is 131 Å². The van der Waals surface area contributed by atoms with Gasteiger partial charge in [0.1, 0.15) is 16.9 Å². The van der Waals surface area contributed by atoms with Crippen molar-refractivity contribution in [2.24, 2.45) is 0 Å². The lowest BCUT2D eigenvalue weighted by Crippen LogP contribution is -2.40. The molecular weight excluding hydrogens is 1700 g/mol. The standard InChI is InChI=1S/C38H42N6O3S.C32H38N6O3S2.C30H33N5O2S/c1-26-7-3-4-8-29(26)25-44-36-30(24-40-38(42-36)41-31-13-11-27(12-14-31)28-15-19-39-20-16-28)23-34(37(44)45)33-9-5-6-10-35(33)48(46,47)32-17-21-43(2)22-18-32;1-36-16-13-24(21-36)22-5-9-26(10-6-22)34-32-33-20-25-19-29(23-7-11-28(12-8-23)42(2)3)31(39)38(30(25)35-32)27-14-17-37(18-15-27)43(4,40)41;1-3-35-28-22(17-26(29(35)36)27-16-15-25(19-31-27)38(2,37)24-13-14-24)18-32-30(34-28)33-23-11-9-21(10-12-23)20-7-5-4-6-8-20/h3-14,23-24,28,32,39H,15-22,25H2,1-2H3,(H,40,41,42);5-12,19-20,24,27H,2,13-18,21H2,1,3-4H3,(H,33,34,35);9-12,15-20,24H,2-8,13-14H2,1H3,(H,32,33,34). The molecule has 0 amide bonds. The van der Waals surface area contributed by atoms with Crippen LogP contribution in [0.5, 0.6) is 0 Å². The molecule has 2 saturated carbocycles. The second-order valence-electron chi connectivity index (χ2n) is 35.4. The van der Waals surface area contributed by atoms with Crippen molar-refractivity contribution >= 4 is 120 Å². The van der Waals surface area contributed by atoms with E-state index in [0.29, 0.717) is 136 Å². The highest BCUT2D eigenvalue weighted by Gasteiger charge is 2.36.